The van der Waals surface area contributed by atoms with Crippen molar-refractivity contribution in [2.45, 2.75) is 11.3 Å². The summed E-state index contributed by atoms with van der Waals surface area (Å²) in [6, 6.07) is 5.22. The quantitative estimate of drug-likeness (QED) is 0.785. The van der Waals surface area contributed by atoms with Crippen molar-refractivity contribution in [1.82, 2.24) is 0 Å². The third kappa shape index (κ3) is 1.79. The van der Waals surface area contributed by atoms with Crippen molar-refractivity contribution in [1.29, 1.82) is 0 Å². The molecule has 0 bridgehead atoms. The van der Waals surface area contributed by atoms with Gasteiger partial charge in [0.25, 0.3) is 0 Å². The van der Waals surface area contributed by atoms with Gasteiger partial charge in [-0.15, -0.1) is 0 Å². The van der Waals surface area contributed by atoms with Crippen LogP contribution in [0.5, 0.6) is 5.75 Å². The standard InChI is InChI=1S/C10H13NO3S/c1-14-9-5-2-4-8-10(9)15(12,13)7-3-6-11-8/h2,4-5,11H,3,6-7H2,1H3. The predicted octanol–water partition coefficient (Wildman–Crippen LogP) is 1.28. The number of rotatable bonds is 1. The zero-order valence-electron chi connectivity index (χ0n) is 8.49. The number of ether oxygens (including phenoxy) is 1. The summed E-state index contributed by atoms with van der Waals surface area (Å²) in [7, 11) is -1.73. The van der Waals surface area contributed by atoms with Crippen LogP contribution in [0.15, 0.2) is 23.1 Å². The maximum absolute atomic E-state index is 12.0. The fourth-order valence-corrected chi connectivity index (χ4v) is 3.39. The third-order valence-corrected chi connectivity index (χ3v) is 4.28. The van der Waals surface area contributed by atoms with Gasteiger partial charge in [-0.25, -0.2) is 8.42 Å². The van der Waals surface area contributed by atoms with Crippen molar-refractivity contribution in [3.8, 4) is 5.75 Å². The summed E-state index contributed by atoms with van der Waals surface area (Å²) in [6.07, 6.45) is 0.625. The largest absolute Gasteiger partial charge is 0.495 e. The van der Waals surface area contributed by atoms with Gasteiger partial charge in [0.2, 0.25) is 0 Å². The Kier molecular flexibility index (Phi) is 2.56. The molecule has 0 spiro atoms. The smallest absolute Gasteiger partial charge is 0.184 e. The number of anilines is 1. The molecule has 82 valence electrons. The zero-order chi connectivity index (χ0) is 10.9. The molecule has 0 radical (unpaired) electrons. The second-order valence-corrected chi connectivity index (χ2v) is 5.48. The highest BCUT2D eigenvalue weighted by atomic mass is 32.2. The Hall–Kier alpha value is -1.23. The molecule has 1 N–H and O–H groups in total. The third-order valence-electron chi connectivity index (χ3n) is 2.42. The highest BCUT2D eigenvalue weighted by Gasteiger charge is 2.25. The van der Waals surface area contributed by atoms with Gasteiger partial charge < -0.3 is 10.1 Å². The number of hydrogen-bond donors (Lipinski definition) is 1. The lowest BCUT2D eigenvalue weighted by molar-refractivity contribution is 0.403. The van der Waals surface area contributed by atoms with Crippen molar-refractivity contribution in [3.63, 3.8) is 0 Å². The summed E-state index contributed by atoms with van der Waals surface area (Å²) in [6.45, 7) is 0.680. The molecule has 0 aliphatic carbocycles. The molecule has 0 atom stereocenters. The van der Waals surface area contributed by atoms with Crippen LogP contribution in [0, 0.1) is 0 Å². The second kappa shape index (κ2) is 3.73. The summed E-state index contributed by atoms with van der Waals surface area (Å²) < 4.78 is 29.0. The van der Waals surface area contributed by atoms with E-state index in [1.807, 2.05) is 0 Å². The molecular formula is C10H13NO3S. The van der Waals surface area contributed by atoms with Gasteiger partial charge in [0.15, 0.2) is 9.84 Å². The van der Waals surface area contributed by atoms with Gasteiger partial charge in [-0.3, -0.25) is 0 Å². The number of fused-ring (bicyclic) bond motifs is 1. The van der Waals surface area contributed by atoms with E-state index in [1.165, 1.54) is 7.11 Å². The lowest BCUT2D eigenvalue weighted by Gasteiger charge is -2.11. The van der Waals surface area contributed by atoms with Gasteiger partial charge >= 0.3 is 0 Å². The highest BCUT2D eigenvalue weighted by molar-refractivity contribution is 7.91. The van der Waals surface area contributed by atoms with Gasteiger partial charge in [-0.05, 0) is 18.6 Å². The van der Waals surface area contributed by atoms with Gasteiger partial charge in [0.1, 0.15) is 10.6 Å². The molecule has 0 saturated heterocycles. The van der Waals surface area contributed by atoms with Crippen LogP contribution in [0.25, 0.3) is 0 Å². The van der Waals surface area contributed by atoms with Crippen LogP contribution in [0.3, 0.4) is 0 Å². The number of methoxy groups -OCH3 is 1. The van der Waals surface area contributed by atoms with E-state index in [9.17, 15) is 8.42 Å². The Balaban J connectivity index is 2.68. The molecule has 1 aliphatic rings. The Bertz CT molecular complexity index is 468. The van der Waals surface area contributed by atoms with Crippen LogP contribution < -0.4 is 10.1 Å². The molecule has 5 heteroatoms. The molecule has 1 aromatic rings. The summed E-state index contributed by atoms with van der Waals surface area (Å²) in [5, 5.41) is 3.10. The van der Waals surface area contributed by atoms with E-state index >= 15 is 0 Å². The van der Waals surface area contributed by atoms with Gasteiger partial charge in [0.05, 0.1) is 18.6 Å². The molecule has 0 saturated carbocycles. The minimum atomic E-state index is -3.21. The number of hydrogen-bond acceptors (Lipinski definition) is 4. The molecular weight excluding hydrogens is 214 g/mol. The minimum absolute atomic E-state index is 0.174. The zero-order valence-corrected chi connectivity index (χ0v) is 9.30. The molecule has 0 fully saturated rings. The van der Waals surface area contributed by atoms with E-state index in [1.54, 1.807) is 18.2 Å². The lowest BCUT2D eigenvalue weighted by atomic mass is 10.3. The van der Waals surface area contributed by atoms with E-state index in [4.69, 9.17) is 4.74 Å². The Morgan fingerprint density at radius 2 is 2.20 bits per heavy atom. The van der Waals surface area contributed by atoms with Gasteiger partial charge in [-0.2, -0.15) is 0 Å². The molecule has 2 rings (SSSR count). The van der Waals surface area contributed by atoms with Crippen LogP contribution >= 0.6 is 0 Å². The van der Waals surface area contributed by atoms with Crippen molar-refractivity contribution in [2.24, 2.45) is 0 Å². The van der Waals surface area contributed by atoms with E-state index in [-0.39, 0.29) is 5.75 Å². The molecule has 1 aromatic carbocycles. The monoisotopic (exact) mass is 227 g/mol. The van der Waals surface area contributed by atoms with E-state index in [2.05, 4.69) is 5.32 Å². The first-order valence-corrected chi connectivity index (χ1v) is 6.44. The Labute approximate surface area is 89.2 Å². The molecule has 0 amide bonds. The van der Waals surface area contributed by atoms with Crippen LogP contribution in [-0.2, 0) is 9.84 Å². The lowest BCUT2D eigenvalue weighted by Crippen LogP contribution is -2.07. The predicted molar refractivity (Wildman–Crippen MR) is 58.2 cm³/mol. The Morgan fingerprint density at radius 1 is 1.40 bits per heavy atom. The SMILES string of the molecule is COc1cccc2c1S(=O)(=O)CCCN2. The molecule has 1 aliphatic heterocycles. The normalized spacial score (nSPS) is 18.5. The first-order valence-electron chi connectivity index (χ1n) is 4.79. The van der Waals surface area contributed by atoms with Crippen molar-refractivity contribution < 1.29 is 13.2 Å². The molecule has 1 heterocycles. The number of benzene rings is 1. The van der Waals surface area contributed by atoms with Gasteiger partial charge in [0, 0.05) is 6.54 Å². The molecule has 15 heavy (non-hydrogen) atoms. The Morgan fingerprint density at radius 3 is 2.93 bits per heavy atom. The van der Waals surface area contributed by atoms with Crippen molar-refractivity contribution in [2.75, 3.05) is 24.7 Å². The van der Waals surface area contributed by atoms with Crippen LogP contribution in [-0.4, -0.2) is 27.8 Å². The van der Waals surface area contributed by atoms with Crippen LogP contribution in [0.2, 0.25) is 0 Å². The minimum Gasteiger partial charge on any atom is -0.495 e. The maximum atomic E-state index is 12.0. The maximum Gasteiger partial charge on any atom is 0.184 e. The number of nitrogens with one attached hydrogen (secondary N) is 1. The summed E-state index contributed by atoms with van der Waals surface area (Å²) in [5.41, 5.74) is 0.645. The van der Waals surface area contributed by atoms with Crippen molar-refractivity contribution >= 4 is 15.5 Å². The van der Waals surface area contributed by atoms with E-state index in [0.29, 0.717) is 29.3 Å². The van der Waals surface area contributed by atoms with Crippen LogP contribution in [0.4, 0.5) is 5.69 Å². The first kappa shape index (κ1) is 10.3. The molecule has 0 unspecified atom stereocenters. The summed E-state index contributed by atoms with van der Waals surface area (Å²) in [4.78, 5) is 0.296. The summed E-state index contributed by atoms with van der Waals surface area (Å²) in [5.74, 6) is 0.592. The van der Waals surface area contributed by atoms with E-state index < -0.39 is 9.84 Å². The highest BCUT2D eigenvalue weighted by Crippen LogP contribution is 2.33. The van der Waals surface area contributed by atoms with Crippen LogP contribution in [0.1, 0.15) is 6.42 Å². The fourth-order valence-electron chi connectivity index (χ4n) is 1.72. The molecule has 4 nitrogen and oxygen atoms in total. The summed E-state index contributed by atoms with van der Waals surface area (Å²) >= 11 is 0. The van der Waals surface area contributed by atoms with Gasteiger partial charge in [-0.1, -0.05) is 6.07 Å². The molecule has 0 aromatic heterocycles. The average Bonchev–Trinajstić information content (AvgIpc) is 2.37. The number of sulfone groups is 1. The second-order valence-electron chi connectivity index (χ2n) is 3.44. The average molecular weight is 227 g/mol. The fraction of sp³-hybridized carbons (Fsp3) is 0.400. The topological polar surface area (TPSA) is 55.4 Å². The first-order chi connectivity index (χ1) is 7.15. The van der Waals surface area contributed by atoms with Crippen molar-refractivity contribution in [3.05, 3.63) is 18.2 Å². The van der Waals surface area contributed by atoms with E-state index in [0.717, 1.165) is 0 Å².